The van der Waals surface area contributed by atoms with Crippen LogP contribution >= 0.6 is 0 Å². The van der Waals surface area contributed by atoms with E-state index in [0.29, 0.717) is 30.6 Å². The number of phenols is 1. The third-order valence-corrected chi connectivity index (χ3v) is 5.62. The van der Waals surface area contributed by atoms with Crippen molar-refractivity contribution >= 4 is 5.97 Å². The molecule has 0 fully saturated rings. The summed E-state index contributed by atoms with van der Waals surface area (Å²) < 4.78 is 5.43. The van der Waals surface area contributed by atoms with Crippen LogP contribution in [0.4, 0.5) is 0 Å². The minimum Gasteiger partial charge on any atom is -0.507 e. The number of esters is 1. The highest BCUT2D eigenvalue weighted by Crippen LogP contribution is 2.40. The quantitative estimate of drug-likeness (QED) is 0.398. The van der Waals surface area contributed by atoms with Crippen LogP contribution < -0.4 is 0 Å². The fraction of sp³-hybridized carbons (Fsp3) is 0.720. The topological polar surface area (TPSA) is 46.5 Å². The number of aromatic hydroxyl groups is 1. The van der Waals surface area contributed by atoms with Crippen molar-refractivity contribution in [3.8, 4) is 5.75 Å². The molecule has 0 heterocycles. The maximum absolute atomic E-state index is 12.2. The lowest BCUT2D eigenvalue weighted by molar-refractivity contribution is -0.143. The number of aryl methyl sites for hydroxylation is 1. The van der Waals surface area contributed by atoms with Crippen molar-refractivity contribution in [1.82, 2.24) is 0 Å². The normalized spacial score (nSPS) is 12.9. The van der Waals surface area contributed by atoms with Crippen LogP contribution in [0.5, 0.6) is 5.75 Å². The Labute approximate surface area is 172 Å². The highest BCUT2D eigenvalue weighted by atomic mass is 16.5. The number of rotatable bonds is 8. The molecule has 0 aliphatic rings. The number of phenolic OH excluding ortho intramolecular Hbond substituents is 1. The molecule has 0 amide bonds. The Hall–Kier alpha value is -1.51. The molecule has 3 nitrogen and oxygen atoms in total. The van der Waals surface area contributed by atoms with Gasteiger partial charge in [-0.15, -0.1) is 0 Å². The predicted octanol–water partition coefficient (Wildman–Crippen LogP) is 6.68. The molecule has 0 radical (unpaired) electrons. The smallest absolute Gasteiger partial charge is 0.306 e. The lowest BCUT2D eigenvalue weighted by Gasteiger charge is -2.28. The second-order valence-corrected chi connectivity index (χ2v) is 10.9. The van der Waals surface area contributed by atoms with Crippen molar-refractivity contribution in [1.29, 1.82) is 0 Å². The van der Waals surface area contributed by atoms with Gasteiger partial charge in [0.2, 0.25) is 0 Å². The number of ether oxygens (including phenoxy) is 1. The summed E-state index contributed by atoms with van der Waals surface area (Å²) in [7, 11) is 0. The van der Waals surface area contributed by atoms with Gasteiger partial charge in [-0.3, -0.25) is 4.79 Å². The summed E-state index contributed by atoms with van der Waals surface area (Å²) in [5.74, 6) is 0.238. The minimum atomic E-state index is -0.160. The summed E-state index contributed by atoms with van der Waals surface area (Å²) in [6, 6.07) is 4.09. The van der Waals surface area contributed by atoms with Gasteiger partial charge < -0.3 is 9.84 Å². The van der Waals surface area contributed by atoms with Gasteiger partial charge in [-0.05, 0) is 52.2 Å². The average Bonchev–Trinajstić information content (AvgIpc) is 2.55. The van der Waals surface area contributed by atoms with Crippen LogP contribution in [0.1, 0.15) is 105 Å². The lowest BCUT2D eigenvalue weighted by Crippen LogP contribution is -2.18. The highest BCUT2D eigenvalue weighted by molar-refractivity contribution is 5.69. The number of benzene rings is 1. The van der Waals surface area contributed by atoms with E-state index in [1.54, 1.807) is 0 Å². The Morgan fingerprint density at radius 3 is 1.89 bits per heavy atom. The van der Waals surface area contributed by atoms with Crippen molar-refractivity contribution < 1.29 is 14.6 Å². The first-order valence-corrected chi connectivity index (χ1v) is 10.7. The molecule has 160 valence electrons. The lowest BCUT2D eigenvalue weighted by atomic mass is 9.78. The molecule has 3 heteroatoms. The van der Waals surface area contributed by atoms with E-state index in [-0.39, 0.29) is 16.8 Å². The molecule has 0 spiro atoms. The molecule has 0 aliphatic carbocycles. The molecule has 1 N–H and O–H groups in total. The van der Waals surface area contributed by atoms with Crippen molar-refractivity contribution in [3.63, 3.8) is 0 Å². The summed E-state index contributed by atoms with van der Waals surface area (Å²) in [6.07, 6.45) is 4.11. The van der Waals surface area contributed by atoms with Crippen LogP contribution in [-0.2, 0) is 26.8 Å². The van der Waals surface area contributed by atoms with E-state index >= 15 is 0 Å². The molecule has 0 saturated carbocycles. The first-order chi connectivity index (χ1) is 12.7. The zero-order valence-electron chi connectivity index (χ0n) is 19.7. The van der Waals surface area contributed by atoms with Crippen molar-refractivity contribution in [2.45, 2.75) is 105 Å². The number of hydrogen-bond acceptors (Lipinski definition) is 3. The van der Waals surface area contributed by atoms with Crippen LogP contribution in [0.2, 0.25) is 0 Å². The SMILES string of the molecule is CCC(C)(C)CCCOC(=O)CCc1cc(C(C)(C)C)c(O)c(C(C)(C)C)c1. The van der Waals surface area contributed by atoms with Crippen LogP contribution in [0.25, 0.3) is 0 Å². The second kappa shape index (κ2) is 9.33. The second-order valence-electron chi connectivity index (χ2n) is 10.9. The van der Waals surface area contributed by atoms with Gasteiger partial charge >= 0.3 is 5.97 Å². The zero-order chi connectivity index (χ0) is 21.8. The van der Waals surface area contributed by atoms with Crippen LogP contribution in [0, 0.1) is 5.41 Å². The van der Waals surface area contributed by atoms with E-state index < -0.39 is 0 Å². The number of carbonyl (C=O) groups is 1. The summed E-state index contributed by atoms with van der Waals surface area (Å²) in [6.45, 7) is 19.8. The first-order valence-electron chi connectivity index (χ1n) is 10.7. The third-order valence-electron chi connectivity index (χ3n) is 5.62. The fourth-order valence-corrected chi connectivity index (χ4v) is 3.21. The Morgan fingerprint density at radius 2 is 1.46 bits per heavy atom. The molecule has 1 rings (SSSR count). The average molecular weight is 391 g/mol. The minimum absolute atomic E-state index is 0.142. The molecular formula is C25H42O3. The van der Waals surface area contributed by atoms with Gasteiger partial charge in [-0.1, -0.05) is 80.9 Å². The van der Waals surface area contributed by atoms with Crippen molar-refractivity contribution in [3.05, 3.63) is 28.8 Å². The van der Waals surface area contributed by atoms with Gasteiger partial charge in [0.1, 0.15) is 5.75 Å². The van der Waals surface area contributed by atoms with E-state index in [2.05, 4.69) is 62.3 Å². The largest absolute Gasteiger partial charge is 0.507 e. The zero-order valence-corrected chi connectivity index (χ0v) is 19.7. The molecule has 0 aromatic heterocycles. The molecular weight excluding hydrogens is 348 g/mol. The first kappa shape index (κ1) is 24.5. The summed E-state index contributed by atoms with van der Waals surface area (Å²) in [5, 5.41) is 10.8. The van der Waals surface area contributed by atoms with E-state index in [1.165, 1.54) is 0 Å². The van der Waals surface area contributed by atoms with E-state index in [9.17, 15) is 9.90 Å². The maximum atomic E-state index is 12.2. The molecule has 1 aromatic rings. The predicted molar refractivity (Wildman–Crippen MR) is 118 cm³/mol. The highest BCUT2D eigenvalue weighted by Gasteiger charge is 2.26. The summed E-state index contributed by atoms with van der Waals surface area (Å²) in [5.41, 5.74) is 2.94. The van der Waals surface area contributed by atoms with Gasteiger partial charge in [0.15, 0.2) is 0 Å². The Balaban J connectivity index is 2.77. The Kier molecular flexibility index (Phi) is 8.17. The summed E-state index contributed by atoms with van der Waals surface area (Å²) >= 11 is 0. The molecule has 0 saturated heterocycles. The van der Waals surface area contributed by atoms with Crippen LogP contribution in [-0.4, -0.2) is 17.7 Å². The number of carbonyl (C=O) groups excluding carboxylic acids is 1. The maximum Gasteiger partial charge on any atom is 0.306 e. The third kappa shape index (κ3) is 7.48. The molecule has 28 heavy (non-hydrogen) atoms. The van der Waals surface area contributed by atoms with Gasteiger partial charge in [-0.25, -0.2) is 0 Å². The monoisotopic (exact) mass is 390 g/mol. The Bertz CT molecular complexity index is 622. The van der Waals surface area contributed by atoms with Crippen molar-refractivity contribution in [2.24, 2.45) is 5.41 Å². The van der Waals surface area contributed by atoms with E-state index in [4.69, 9.17) is 4.74 Å². The van der Waals surface area contributed by atoms with Gasteiger partial charge in [0.25, 0.3) is 0 Å². The molecule has 0 bridgehead atoms. The van der Waals surface area contributed by atoms with Gasteiger partial charge in [-0.2, -0.15) is 0 Å². The molecule has 0 atom stereocenters. The van der Waals surface area contributed by atoms with E-state index in [0.717, 1.165) is 36.0 Å². The van der Waals surface area contributed by atoms with Crippen molar-refractivity contribution in [2.75, 3.05) is 6.61 Å². The van der Waals surface area contributed by atoms with E-state index in [1.807, 2.05) is 12.1 Å². The number of hydrogen-bond donors (Lipinski definition) is 1. The van der Waals surface area contributed by atoms with Crippen LogP contribution in [0.3, 0.4) is 0 Å². The summed E-state index contributed by atoms with van der Waals surface area (Å²) in [4.78, 5) is 12.2. The fourth-order valence-electron chi connectivity index (χ4n) is 3.21. The molecule has 0 unspecified atom stereocenters. The van der Waals surface area contributed by atoms with Gasteiger partial charge in [0, 0.05) is 6.42 Å². The molecule has 0 aliphatic heterocycles. The Morgan fingerprint density at radius 1 is 0.964 bits per heavy atom. The molecule has 1 aromatic carbocycles. The van der Waals surface area contributed by atoms with Gasteiger partial charge in [0.05, 0.1) is 6.61 Å². The van der Waals surface area contributed by atoms with Crippen LogP contribution in [0.15, 0.2) is 12.1 Å². The standard InChI is InChI=1S/C25H42O3/c1-10-25(8,9)14-11-15-28-21(26)13-12-18-16-19(23(2,3)4)22(27)20(17-18)24(5,6)7/h16-17,27H,10-15H2,1-9H3.